The first-order valence-electron chi connectivity index (χ1n) is 7.27. The molecule has 0 spiro atoms. The highest BCUT2D eigenvalue weighted by molar-refractivity contribution is 5.81. The van der Waals surface area contributed by atoms with Crippen molar-refractivity contribution < 1.29 is 9.59 Å². The lowest BCUT2D eigenvalue weighted by Crippen LogP contribution is -2.36. The molecule has 0 aromatic carbocycles. The van der Waals surface area contributed by atoms with Crippen LogP contribution in [0, 0.1) is 17.8 Å². The third-order valence-electron chi connectivity index (χ3n) is 3.31. The van der Waals surface area contributed by atoms with Gasteiger partial charge in [0.25, 0.3) is 0 Å². The molecule has 0 radical (unpaired) electrons. The van der Waals surface area contributed by atoms with Crippen molar-refractivity contribution in [1.29, 1.82) is 0 Å². The van der Waals surface area contributed by atoms with Gasteiger partial charge >= 0.3 is 0 Å². The molecule has 0 aromatic rings. The van der Waals surface area contributed by atoms with Crippen LogP contribution in [0.3, 0.4) is 0 Å². The van der Waals surface area contributed by atoms with Gasteiger partial charge in [0, 0.05) is 25.4 Å². The Kier molecular flexibility index (Phi) is 6.84. The minimum absolute atomic E-state index is 0.0248. The van der Waals surface area contributed by atoms with Gasteiger partial charge in [0.1, 0.15) is 0 Å². The lowest BCUT2D eigenvalue weighted by Gasteiger charge is -2.16. The van der Waals surface area contributed by atoms with E-state index in [0.29, 0.717) is 32.0 Å². The van der Waals surface area contributed by atoms with Crippen LogP contribution in [0.25, 0.3) is 0 Å². The van der Waals surface area contributed by atoms with E-state index in [1.807, 2.05) is 0 Å². The summed E-state index contributed by atoms with van der Waals surface area (Å²) in [4.78, 5) is 23.1. The quantitative estimate of drug-likeness (QED) is 0.537. The summed E-state index contributed by atoms with van der Waals surface area (Å²) in [5, 5.41) is 5.65. The molecule has 1 saturated carbocycles. The number of hydrogen-bond acceptors (Lipinski definition) is 3. The fraction of sp³-hybridized carbons (Fsp3) is 0.857. The minimum atomic E-state index is 0.0248. The van der Waals surface area contributed by atoms with Crippen LogP contribution in [0.4, 0.5) is 0 Å². The second-order valence-electron chi connectivity index (χ2n) is 5.85. The maximum atomic E-state index is 11.7. The zero-order valence-corrected chi connectivity index (χ0v) is 12.1. The molecule has 0 heterocycles. The zero-order chi connectivity index (χ0) is 14.3. The number of amides is 2. The molecular formula is C14H27N3O2. The second kappa shape index (κ2) is 8.15. The van der Waals surface area contributed by atoms with E-state index >= 15 is 0 Å². The van der Waals surface area contributed by atoms with Crippen LogP contribution in [0.15, 0.2) is 0 Å². The van der Waals surface area contributed by atoms with Crippen LogP contribution >= 0.6 is 0 Å². The van der Waals surface area contributed by atoms with Crippen LogP contribution < -0.4 is 16.4 Å². The molecule has 4 N–H and O–H groups in total. The van der Waals surface area contributed by atoms with Crippen LogP contribution in [0.2, 0.25) is 0 Å². The Labute approximate surface area is 115 Å². The molecule has 0 saturated heterocycles. The predicted molar refractivity (Wildman–Crippen MR) is 75.4 cm³/mol. The summed E-state index contributed by atoms with van der Waals surface area (Å²) < 4.78 is 0. The molecule has 1 rings (SSSR count). The van der Waals surface area contributed by atoms with Gasteiger partial charge in [-0.3, -0.25) is 9.59 Å². The van der Waals surface area contributed by atoms with Crippen molar-refractivity contribution >= 4 is 11.8 Å². The average Bonchev–Trinajstić information content (AvgIpc) is 3.17. The van der Waals surface area contributed by atoms with Gasteiger partial charge in [-0.25, -0.2) is 0 Å². The van der Waals surface area contributed by atoms with E-state index in [9.17, 15) is 9.59 Å². The molecule has 1 aliphatic rings. The monoisotopic (exact) mass is 269 g/mol. The Bertz CT molecular complexity index is 301. The van der Waals surface area contributed by atoms with Gasteiger partial charge in [0.05, 0.1) is 0 Å². The van der Waals surface area contributed by atoms with Gasteiger partial charge in [0.15, 0.2) is 0 Å². The van der Waals surface area contributed by atoms with Crippen molar-refractivity contribution in [3.63, 3.8) is 0 Å². The first kappa shape index (κ1) is 16.0. The third kappa shape index (κ3) is 7.15. The Balaban J connectivity index is 2.07. The maximum absolute atomic E-state index is 11.7. The van der Waals surface area contributed by atoms with Gasteiger partial charge in [0.2, 0.25) is 11.8 Å². The topological polar surface area (TPSA) is 84.2 Å². The first-order chi connectivity index (χ1) is 9.02. The first-order valence-corrected chi connectivity index (χ1v) is 7.27. The van der Waals surface area contributed by atoms with E-state index in [1.165, 1.54) is 0 Å². The minimum Gasteiger partial charge on any atom is -0.354 e. The highest BCUT2D eigenvalue weighted by Gasteiger charge is 2.28. The maximum Gasteiger partial charge on any atom is 0.223 e. The van der Waals surface area contributed by atoms with Gasteiger partial charge in [-0.15, -0.1) is 0 Å². The van der Waals surface area contributed by atoms with E-state index < -0.39 is 0 Å². The van der Waals surface area contributed by atoms with Crippen LogP contribution in [0.5, 0.6) is 0 Å². The normalized spacial score (nSPS) is 16.2. The molecular weight excluding hydrogens is 242 g/mol. The Morgan fingerprint density at radius 3 is 2.37 bits per heavy atom. The molecule has 2 amide bonds. The van der Waals surface area contributed by atoms with Crippen molar-refractivity contribution in [2.75, 3.05) is 19.6 Å². The molecule has 0 aromatic heterocycles. The van der Waals surface area contributed by atoms with E-state index in [1.54, 1.807) is 0 Å². The van der Waals surface area contributed by atoms with E-state index in [4.69, 9.17) is 5.73 Å². The summed E-state index contributed by atoms with van der Waals surface area (Å²) in [7, 11) is 0. The Morgan fingerprint density at radius 1 is 1.21 bits per heavy atom. The lowest BCUT2D eigenvalue weighted by atomic mass is 9.94. The van der Waals surface area contributed by atoms with E-state index in [0.717, 1.165) is 19.3 Å². The molecule has 1 aliphatic carbocycles. The van der Waals surface area contributed by atoms with Crippen molar-refractivity contribution in [3.8, 4) is 0 Å². The van der Waals surface area contributed by atoms with Crippen molar-refractivity contribution in [1.82, 2.24) is 10.6 Å². The number of hydrogen-bond donors (Lipinski definition) is 3. The van der Waals surface area contributed by atoms with Crippen LogP contribution in [0.1, 0.15) is 39.5 Å². The molecule has 19 heavy (non-hydrogen) atoms. The number of rotatable bonds is 9. The molecule has 5 heteroatoms. The molecule has 1 unspecified atom stereocenters. The predicted octanol–water partition coefficient (Wildman–Crippen LogP) is 0.640. The second-order valence-corrected chi connectivity index (χ2v) is 5.85. The summed E-state index contributed by atoms with van der Waals surface area (Å²) in [5.74, 6) is 1.18. The Hall–Kier alpha value is -1.10. The number of nitrogens with one attached hydrogen (secondary N) is 2. The summed E-state index contributed by atoms with van der Waals surface area (Å²) >= 11 is 0. The van der Waals surface area contributed by atoms with Gasteiger partial charge < -0.3 is 16.4 Å². The number of nitrogens with two attached hydrogens (primary N) is 1. The number of carbonyl (C=O) groups excluding carboxylic acids is 2. The van der Waals surface area contributed by atoms with Crippen LogP contribution in [-0.4, -0.2) is 31.4 Å². The molecule has 0 aliphatic heterocycles. The SMILES string of the molecule is CC(C)CC(CN)CC(=O)NCCNC(=O)C1CC1. The smallest absolute Gasteiger partial charge is 0.223 e. The molecule has 1 atom stereocenters. The summed E-state index contributed by atoms with van der Waals surface area (Å²) in [5.41, 5.74) is 5.67. The highest BCUT2D eigenvalue weighted by Crippen LogP contribution is 2.28. The fourth-order valence-electron chi connectivity index (χ4n) is 2.14. The fourth-order valence-corrected chi connectivity index (χ4v) is 2.14. The standard InChI is InChI=1S/C14H27N3O2/c1-10(2)7-11(9-15)8-13(18)16-5-6-17-14(19)12-3-4-12/h10-12H,3-9,15H2,1-2H3,(H,16,18)(H,17,19). The number of carbonyl (C=O) groups is 2. The van der Waals surface area contributed by atoms with Gasteiger partial charge in [-0.1, -0.05) is 13.8 Å². The largest absolute Gasteiger partial charge is 0.354 e. The average molecular weight is 269 g/mol. The van der Waals surface area contributed by atoms with Crippen LogP contribution in [-0.2, 0) is 9.59 Å². The van der Waals surface area contributed by atoms with Gasteiger partial charge in [-0.05, 0) is 37.6 Å². The Morgan fingerprint density at radius 2 is 1.84 bits per heavy atom. The molecule has 0 bridgehead atoms. The zero-order valence-electron chi connectivity index (χ0n) is 12.1. The lowest BCUT2D eigenvalue weighted by molar-refractivity contribution is -0.124. The van der Waals surface area contributed by atoms with E-state index in [-0.39, 0.29) is 23.7 Å². The van der Waals surface area contributed by atoms with E-state index in [2.05, 4.69) is 24.5 Å². The molecule has 5 nitrogen and oxygen atoms in total. The summed E-state index contributed by atoms with van der Waals surface area (Å²) in [6.07, 6.45) is 3.46. The molecule has 110 valence electrons. The van der Waals surface area contributed by atoms with Crippen molar-refractivity contribution in [2.45, 2.75) is 39.5 Å². The van der Waals surface area contributed by atoms with Gasteiger partial charge in [-0.2, -0.15) is 0 Å². The van der Waals surface area contributed by atoms with Crippen molar-refractivity contribution in [3.05, 3.63) is 0 Å². The third-order valence-corrected chi connectivity index (χ3v) is 3.31. The highest BCUT2D eigenvalue weighted by atomic mass is 16.2. The van der Waals surface area contributed by atoms with Crippen molar-refractivity contribution in [2.24, 2.45) is 23.5 Å². The summed E-state index contributed by atoms with van der Waals surface area (Å²) in [6.45, 7) is 5.82. The molecule has 1 fully saturated rings. The summed E-state index contributed by atoms with van der Waals surface area (Å²) in [6, 6.07) is 0.